The lowest BCUT2D eigenvalue weighted by atomic mass is 10.1. The average molecular weight is 352 g/mol. The number of primary amides is 1. The monoisotopic (exact) mass is 351 g/mol. The average Bonchev–Trinajstić information content (AvgIpc) is 2.41. The predicted molar refractivity (Wildman–Crippen MR) is 83.8 cm³/mol. The fraction of sp³-hybridized carbons (Fsp3) is 0.143. The minimum Gasteiger partial charge on any atom is -0.508 e. The van der Waals surface area contributed by atoms with Crippen molar-refractivity contribution in [3.63, 3.8) is 0 Å². The van der Waals surface area contributed by atoms with Crippen molar-refractivity contribution in [3.05, 3.63) is 49.7 Å². The first-order chi connectivity index (χ1) is 9.75. The molecule has 5 N–H and O–H groups in total. The highest BCUT2D eigenvalue weighted by Gasteiger charge is 2.19. The van der Waals surface area contributed by atoms with Crippen LogP contribution in [0.25, 0.3) is 5.69 Å². The maximum atomic E-state index is 12.4. The zero-order valence-corrected chi connectivity index (χ0v) is 13.1. The first-order valence-electron chi connectivity index (χ1n) is 6.06. The van der Waals surface area contributed by atoms with Crippen molar-refractivity contribution in [1.29, 1.82) is 0 Å². The summed E-state index contributed by atoms with van der Waals surface area (Å²) in [6.07, 6.45) is 0. The first kappa shape index (κ1) is 15.1. The van der Waals surface area contributed by atoms with E-state index in [1.807, 2.05) is 0 Å². The van der Waals surface area contributed by atoms with E-state index in [0.717, 1.165) is 5.56 Å². The van der Waals surface area contributed by atoms with Crippen LogP contribution in [0.4, 0.5) is 5.82 Å². The molecule has 0 aliphatic heterocycles. The second-order valence-electron chi connectivity index (χ2n) is 4.67. The molecule has 1 amide bonds. The molecule has 2 aromatic rings. The van der Waals surface area contributed by atoms with Gasteiger partial charge in [0.1, 0.15) is 11.6 Å². The molecule has 21 heavy (non-hydrogen) atoms. The molecule has 0 unspecified atom stereocenters. The molecule has 0 saturated carbocycles. The van der Waals surface area contributed by atoms with Crippen LogP contribution in [0.2, 0.25) is 0 Å². The highest BCUT2D eigenvalue weighted by Crippen LogP contribution is 2.29. The number of amides is 1. The summed E-state index contributed by atoms with van der Waals surface area (Å²) in [5.41, 5.74) is 12.5. The summed E-state index contributed by atoms with van der Waals surface area (Å²) < 4.78 is 1.34. The van der Waals surface area contributed by atoms with Crippen LogP contribution in [0.3, 0.4) is 0 Å². The predicted octanol–water partition coefficient (Wildman–Crippen LogP) is 1.60. The molecule has 7 heteroatoms. The molecule has 1 aromatic heterocycles. The van der Waals surface area contributed by atoms with Gasteiger partial charge < -0.3 is 16.6 Å². The molecule has 2 rings (SSSR count). The minimum atomic E-state index is -0.739. The molecular weight excluding hydrogens is 338 g/mol. The van der Waals surface area contributed by atoms with Gasteiger partial charge in [-0.05, 0) is 47.5 Å². The third kappa shape index (κ3) is 2.40. The Morgan fingerprint density at radius 2 is 1.95 bits per heavy atom. The number of aromatic hydroxyl groups is 1. The number of rotatable bonds is 2. The molecule has 0 aliphatic carbocycles. The molecule has 0 bridgehead atoms. The lowest BCUT2D eigenvalue weighted by Gasteiger charge is -2.18. The van der Waals surface area contributed by atoms with Gasteiger partial charge in [0.15, 0.2) is 0 Å². The molecule has 0 atom stereocenters. The number of nitrogens with two attached hydrogens (primary N) is 2. The zero-order chi connectivity index (χ0) is 15.9. The van der Waals surface area contributed by atoms with E-state index in [1.54, 1.807) is 19.9 Å². The fourth-order valence-corrected chi connectivity index (χ4v) is 2.59. The van der Waals surface area contributed by atoms with Crippen LogP contribution in [0, 0.1) is 13.8 Å². The second-order valence-corrected chi connectivity index (χ2v) is 5.53. The number of carbonyl (C=O) groups excluding carboxylic acids is 1. The number of anilines is 1. The van der Waals surface area contributed by atoms with Crippen LogP contribution >= 0.6 is 15.9 Å². The molecule has 1 aromatic carbocycles. The topological polar surface area (TPSA) is 111 Å². The van der Waals surface area contributed by atoms with Gasteiger partial charge in [0.25, 0.3) is 11.5 Å². The van der Waals surface area contributed by atoms with Gasteiger partial charge >= 0.3 is 0 Å². The summed E-state index contributed by atoms with van der Waals surface area (Å²) in [6.45, 7) is 3.44. The Labute approximate surface area is 129 Å². The van der Waals surface area contributed by atoms with Crippen LogP contribution < -0.4 is 17.0 Å². The Kier molecular flexibility index (Phi) is 3.78. The molecule has 0 fully saturated rings. The van der Waals surface area contributed by atoms with Crippen molar-refractivity contribution in [3.8, 4) is 11.4 Å². The SMILES string of the molecule is Cc1ccc(O)c(C)c1-n1c(N)c(C(N)=O)cc(Br)c1=O. The number of hydrogen-bond acceptors (Lipinski definition) is 4. The van der Waals surface area contributed by atoms with Crippen molar-refractivity contribution < 1.29 is 9.90 Å². The van der Waals surface area contributed by atoms with E-state index in [0.29, 0.717) is 11.3 Å². The molecule has 0 spiro atoms. The van der Waals surface area contributed by atoms with Crippen LogP contribution in [0.1, 0.15) is 21.5 Å². The summed E-state index contributed by atoms with van der Waals surface area (Å²) in [4.78, 5) is 23.8. The molecular formula is C14H14BrN3O3. The number of pyridine rings is 1. The third-order valence-corrected chi connectivity index (χ3v) is 3.86. The quantitative estimate of drug-likeness (QED) is 0.762. The molecule has 0 radical (unpaired) electrons. The van der Waals surface area contributed by atoms with Crippen LogP contribution in [-0.2, 0) is 0 Å². The van der Waals surface area contributed by atoms with E-state index < -0.39 is 11.5 Å². The van der Waals surface area contributed by atoms with Crippen molar-refractivity contribution in [2.45, 2.75) is 13.8 Å². The van der Waals surface area contributed by atoms with Gasteiger partial charge in [-0.2, -0.15) is 0 Å². The number of phenols is 1. The van der Waals surface area contributed by atoms with Crippen molar-refractivity contribution >= 4 is 27.7 Å². The van der Waals surface area contributed by atoms with E-state index >= 15 is 0 Å². The number of aromatic nitrogens is 1. The first-order valence-corrected chi connectivity index (χ1v) is 6.85. The van der Waals surface area contributed by atoms with Crippen molar-refractivity contribution in [1.82, 2.24) is 4.57 Å². The van der Waals surface area contributed by atoms with E-state index in [1.165, 1.54) is 16.7 Å². The summed E-state index contributed by atoms with van der Waals surface area (Å²) >= 11 is 3.11. The van der Waals surface area contributed by atoms with E-state index in [9.17, 15) is 14.7 Å². The van der Waals surface area contributed by atoms with Gasteiger partial charge in [-0.15, -0.1) is 0 Å². The van der Waals surface area contributed by atoms with Crippen LogP contribution in [0.5, 0.6) is 5.75 Å². The summed E-state index contributed by atoms with van der Waals surface area (Å²) in [7, 11) is 0. The normalized spacial score (nSPS) is 10.6. The number of carbonyl (C=O) groups is 1. The van der Waals surface area contributed by atoms with E-state index in [2.05, 4.69) is 15.9 Å². The van der Waals surface area contributed by atoms with Gasteiger partial charge in [0, 0.05) is 5.56 Å². The maximum Gasteiger partial charge on any atom is 0.271 e. The Hall–Kier alpha value is -2.28. The zero-order valence-electron chi connectivity index (χ0n) is 11.5. The molecule has 0 saturated heterocycles. The second kappa shape index (κ2) is 5.25. The van der Waals surface area contributed by atoms with E-state index in [-0.39, 0.29) is 21.6 Å². The Balaban J connectivity index is 2.98. The third-order valence-electron chi connectivity index (χ3n) is 3.29. The number of nitrogens with zero attached hydrogens (tertiary/aromatic N) is 1. The number of halogens is 1. The van der Waals surface area contributed by atoms with E-state index in [4.69, 9.17) is 11.5 Å². The fourth-order valence-electron chi connectivity index (χ4n) is 2.19. The number of benzene rings is 1. The largest absolute Gasteiger partial charge is 0.508 e. The Morgan fingerprint density at radius 1 is 1.33 bits per heavy atom. The Bertz CT molecular complexity index is 812. The van der Waals surface area contributed by atoms with Gasteiger partial charge in [0.2, 0.25) is 0 Å². The number of phenolic OH excluding ortho intramolecular Hbond substituents is 1. The standard InChI is InChI=1S/C14H14BrN3O3/c1-6-3-4-10(19)7(2)11(6)18-12(16)8(13(17)20)5-9(15)14(18)21/h3-5,19H,16H2,1-2H3,(H2,17,20). The Morgan fingerprint density at radius 3 is 2.52 bits per heavy atom. The van der Waals surface area contributed by atoms with Crippen LogP contribution in [-0.4, -0.2) is 15.6 Å². The van der Waals surface area contributed by atoms with Gasteiger partial charge in [-0.25, -0.2) is 0 Å². The van der Waals surface area contributed by atoms with Gasteiger partial charge in [0.05, 0.1) is 15.7 Å². The highest BCUT2D eigenvalue weighted by molar-refractivity contribution is 9.10. The summed E-state index contributed by atoms with van der Waals surface area (Å²) in [5, 5.41) is 9.86. The number of nitrogen functional groups attached to an aromatic ring is 1. The van der Waals surface area contributed by atoms with Gasteiger partial charge in [-0.1, -0.05) is 6.07 Å². The molecule has 6 nitrogen and oxygen atoms in total. The molecule has 110 valence electrons. The highest BCUT2D eigenvalue weighted by atomic mass is 79.9. The lowest BCUT2D eigenvalue weighted by Crippen LogP contribution is -2.27. The van der Waals surface area contributed by atoms with Gasteiger partial charge in [-0.3, -0.25) is 14.2 Å². The van der Waals surface area contributed by atoms with Crippen molar-refractivity contribution in [2.75, 3.05) is 5.73 Å². The molecule has 1 heterocycles. The smallest absolute Gasteiger partial charge is 0.271 e. The van der Waals surface area contributed by atoms with Crippen molar-refractivity contribution in [2.24, 2.45) is 5.73 Å². The molecule has 0 aliphatic rings. The maximum absolute atomic E-state index is 12.4. The minimum absolute atomic E-state index is 0.0301. The number of aryl methyl sites for hydroxylation is 1. The summed E-state index contributed by atoms with van der Waals surface area (Å²) in [5.74, 6) is -0.771. The van der Waals surface area contributed by atoms with Crippen LogP contribution in [0.15, 0.2) is 27.5 Å². The lowest BCUT2D eigenvalue weighted by molar-refractivity contribution is 0.100. The number of hydrogen-bond donors (Lipinski definition) is 3. The summed E-state index contributed by atoms with van der Waals surface area (Å²) in [6, 6.07) is 4.49.